The molecular weight excluding hydrogens is 356 g/mol. The fraction of sp³-hybridized carbons (Fsp3) is 0.192. The molecule has 0 aliphatic carbocycles. The molecule has 0 N–H and O–H groups in total. The fourth-order valence-electron chi connectivity index (χ4n) is 3.46. The minimum atomic E-state index is 0.729. The normalized spacial score (nSPS) is 11.3. The molecule has 0 bridgehead atoms. The lowest BCUT2D eigenvalue weighted by atomic mass is 10.2. The molecule has 4 rings (SSSR count). The lowest BCUT2D eigenvalue weighted by molar-refractivity contribution is 0.301. The van der Waals surface area contributed by atoms with E-state index >= 15 is 0 Å². The highest BCUT2D eigenvalue weighted by atomic mass is 16.5. The molecule has 146 valence electrons. The Morgan fingerprint density at radius 2 is 1.59 bits per heavy atom. The smallest absolute Gasteiger partial charge is 0.133 e. The first-order valence-electron chi connectivity index (χ1n) is 10.2. The van der Waals surface area contributed by atoms with E-state index in [1.54, 1.807) is 0 Å². The largest absolute Gasteiger partial charge is 0.493 e. The van der Waals surface area contributed by atoms with Crippen molar-refractivity contribution in [2.75, 3.05) is 6.61 Å². The third kappa shape index (κ3) is 4.75. The van der Waals surface area contributed by atoms with Crippen LogP contribution in [0.4, 0.5) is 0 Å². The Morgan fingerprint density at radius 3 is 2.45 bits per heavy atom. The van der Waals surface area contributed by atoms with E-state index < -0.39 is 0 Å². The van der Waals surface area contributed by atoms with Gasteiger partial charge in [-0.15, -0.1) is 0 Å². The molecule has 0 fully saturated rings. The highest BCUT2D eigenvalue weighted by Crippen LogP contribution is 2.20. The summed E-state index contributed by atoms with van der Waals surface area (Å²) in [6, 6.07) is 26.9. The van der Waals surface area contributed by atoms with Crippen molar-refractivity contribution in [3.05, 3.63) is 95.8 Å². The Hall–Kier alpha value is -3.33. The number of para-hydroxylation sites is 3. The van der Waals surface area contributed by atoms with E-state index in [1.165, 1.54) is 16.6 Å². The molecule has 3 heteroatoms. The summed E-state index contributed by atoms with van der Waals surface area (Å²) in [7, 11) is 0. The second-order valence-corrected chi connectivity index (χ2v) is 7.18. The van der Waals surface area contributed by atoms with Crippen LogP contribution in [0.2, 0.25) is 0 Å². The van der Waals surface area contributed by atoms with Crippen molar-refractivity contribution in [1.29, 1.82) is 0 Å². The Labute approximate surface area is 172 Å². The number of benzene rings is 3. The molecule has 3 aromatic carbocycles. The number of imidazole rings is 1. The zero-order valence-electron chi connectivity index (χ0n) is 16.8. The monoisotopic (exact) mass is 382 g/mol. The molecule has 4 aromatic rings. The van der Waals surface area contributed by atoms with Crippen LogP contribution in [0.25, 0.3) is 23.2 Å². The molecule has 0 spiro atoms. The van der Waals surface area contributed by atoms with E-state index in [0.717, 1.165) is 43.1 Å². The summed E-state index contributed by atoms with van der Waals surface area (Å²) in [6.45, 7) is 3.73. The molecule has 0 unspecified atom stereocenters. The lowest BCUT2D eigenvalue weighted by Crippen LogP contribution is -2.04. The number of hydrogen-bond donors (Lipinski definition) is 0. The first-order chi connectivity index (χ1) is 14.3. The van der Waals surface area contributed by atoms with Crippen LogP contribution in [0.3, 0.4) is 0 Å². The number of aromatic nitrogens is 2. The summed E-state index contributed by atoms with van der Waals surface area (Å²) in [5.74, 6) is 1.97. The average Bonchev–Trinajstić information content (AvgIpc) is 3.11. The summed E-state index contributed by atoms with van der Waals surface area (Å²) in [5, 5.41) is 0. The Kier molecular flexibility index (Phi) is 6.06. The number of unbranched alkanes of at least 4 members (excludes halogenated alkanes) is 1. The zero-order chi connectivity index (χ0) is 19.9. The van der Waals surface area contributed by atoms with Crippen LogP contribution in [0.5, 0.6) is 5.75 Å². The second-order valence-electron chi connectivity index (χ2n) is 7.18. The summed E-state index contributed by atoms with van der Waals surface area (Å²) in [6.07, 6.45) is 6.28. The minimum Gasteiger partial charge on any atom is -0.493 e. The maximum Gasteiger partial charge on any atom is 0.133 e. The van der Waals surface area contributed by atoms with Gasteiger partial charge in [0.2, 0.25) is 0 Å². The molecule has 1 heterocycles. The summed E-state index contributed by atoms with van der Waals surface area (Å²) < 4.78 is 8.25. The van der Waals surface area contributed by atoms with Crippen LogP contribution in [-0.2, 0) is 6.54 Å². The number of hydrogen-bond acceptors (Lipinski definition) is 2. The summed E-state index contributed by atoms with van der Waals surface area (Å²) >= 11 is 0. The van der Waals surface area contributed by atoms with Gasteiger partial charge in [0.25, 0.3) is 0 Å². The Morgan fingerprint density at radius 1 is 0.828 bits per heavy atom. The highest BCUT2D eigenvalue weighted by Gasteiger charge is 2.08. The third-order valence-corrected chi connectivity index (χ3v) is 5.04. The van der Waals surface area contributed by atoms with Crippen molar-refractivity contribution in [3.8, 4) is 5.75 Å². The van der Waals surface area contributed by atoms with Crippen LogP contribution in [0.1, 0.15) is 29.8 Å². The second kappa shape index (κ2) is 9.24. The van der Waals surface area contributed by atoms with Crippen molar-refractivity contribution >= 4 is 23.2 Å². The van der Waals surface area contributed by atoms with Crippen molar-refractivity contribution in [2.45, 2.75) is 26.3 Å². The van der Waals surface area contributed by atoms with E-state index in [9.17, 15) is 0 Å². The van der Waals surface area contributed by atoms with Gasteiger partial charge in [0, 0.05) is 6.54 Å². The average molecular weight is 383 g/mol. The van der Waals surface area contributed by atoms with Crippen molar-refractivity contribution in [1.82, 2.24) is 9.55 Å². The molecule has 0 aliphatic heterocycles. The van der Waals surface area contributed by atoms with E-state index in [4.69, 9.17) is 9.72 Å². The van der Waals surface area contributed by atoms with Crippen LogP contribution in [0, 0.1) is 6.92 Å². The van der Waals surface area contributed by atoms with E-state index in [1.807, 2.05) is 30.3 Å². The maximum absolute atomic E-state index is 5.94. The number of rotatable bonds is 8. The highest BCUT2D eigenvalue weighted by molar-refractivity contribution is 5.79. The van der Waals surface area contributed by atoms with Crippen molar-refractivity contribution in [2.24, 2.45) is 0 Å². The maximum atomic E-state index is 5.94. The SMILES string of the molecule is Cc1ccccc1OCCCCn1c(/C=C/c2ccccc2)nc2ccccc21. The number of fused-ring (bicyclic) bond motifs is 1. The van der Waals surface area contributed by atoms with Crippen molar-refractivity contribution < 1.29 is 4.74 Å². The number of ether oxygens (including phenoxy) is 1. The van der Waals surface area contributed by atoms with E-state index in [2.05, 4.69) is 72.2 Å². The summed E-state index contributed by atoms with van der Waals surface area (Å²) in [5.41, 5.74) is 4.58. The predicted molar refractivity (Wildman–Crippen MR) is 121 cm³/mol. The van der Waals surface area contributed by atoms with Gasteiger partial charge in [0.15, 0.2) is 0 Å². The third-order valence-electron chi connectivity index (χ3n) is 5.04. The van der Waals surface area contributed by atoms with Crippen molar-refractivity contribution in [3.63, 3.8) is 0 Å². The fourth-order valence-corrected chi connectivity index (χ4v) is 3.46. The molecule has 29 heavy (non-hydrogen) atoms. The van der Waals surface area contributed by atoms with Crippen LogP contribution in [0.15, 0.2) is 78.9 Å². The predicted octanol–water partition coefficient (Wildman–Crippen LogP) is 6.37. The topological polar surface area (TPSA) is 27.1 Å². The van der Waals surface area contributed by atoms with Gasteiger partial charge in [0.05, 0.1) is 17.6 Å². The van der Waals surface area contributed by atoms with Gasteiger partial charge in [-0.2, -0.15) is 0 Å². The van der Waals surface area contributed by atoms with Gasteiger partial charge in [-0.3, -0.25) is 0 Å². The number of aryl methyl sites for hydroxylation is 2. The van der Waals surface area contributed by atoms with E-state index in [0.29, 0.717) is 0 Å². The molecule has 0 radical (unpaired) electrons. The first kappa shape index (κ1) is 19.0. The summed E-state index contributed by atoms with van der Waals surface area (Å²) in [4.78, 5) is 4.83. The minimum absolute atomic E-state index is 0.729. The molecule has 0 saturated heterocycles. The molecule has 0 atom stereocenters. The molecular formula is C26H26N2O. The Balaban J connectivity index is 1.43. The standard InChI is InChI=1S/C26H26N2O/c1-21-11-5-8-16-25(21)29-20-10-9-19-28-24-15-7-6-14-23(24)27-26(28)18-17-22-12-3-2-4-13-22/h2-8,11-18H,9-10,19-20H2,1H3/b18-17+. The van der Waals surface area contributed by atoms with Gasteiger partial charge >= 0.3 is 0 Å². The zero-order valence-corrected chi connectivity index (χ0v) is 16.8. The van der Waals surface area contributed by atoms with Gasteiger partial charge in [-0.1, -0.05) is 66.7 Å². The lowest BCUT2D eigenvalue weighted by Gasteiger charge is -2.10. The quantitative estimate of drug-likeness (QED) is 0.331. The number of nitrogens with zero attached hydrogens (tertiary/aromatic N) is 2. The molecule has 1 aromatic heterocycles. The van der Waals surface area contributed by atoms with E-state index in [-0.39, 0.29) is 0 Å². The van der Waals surface area contributed by atoms with Gasteiger partial charge < -0.3 is 9.30 Å². The van der Waals surface area contributed by atoms with Gasteiger partial charge in [0.1, 0.15) is 11.6 Å². The molecule has 0 amide bonds. The molecule has 0 saturated carbocycles. The Bertz CT molecular complexity index is 1100. The van der Waals surface area contributed by atoms with Crippen LogP contribution in [-0.4, -0.2) is 16.2 Å². The first-order valence-corrected chi connectivity index (χ1v) is 10.2. The van der Waals surface area contributed by atoms with Crippen LogP contribution < -0.4 is 4.74 Å². The van der Waals surface area contributed by atoms with Gasteiger partial charge in [-0.05, 0) is 55.2 Å². The molecule has 3 nitrogen and oxygen atoms in total. The molecule has 0 aliphatic rings. The van der Waals surface area contributed by atoms with Gasteiger partial charge in [-0.25, -0.2) is 4.98 Å². The van der Waals surface area contributed by atoms with Crippen LogP contribution >= 0.6 is 0 Å².